The fourth-order valence-corrected chi connectivity index (χ4v) is 14.5. The minimum Gasteiger partial charge on any atom is -0.354 e. The number of nitrogens with zero attached hydrogens (tertiary/aromatic N) is 1. The zero-order valence-corrected chi connectivity index (χ0v) is 43.6. The summed E-state index contributed by atoms with van der Waals surface area (Å²) in [7, 11) is 0.862. The molecular weight excluding hydrogens is 840 g/mol. The molecule has 0 fully saturated rings. The second-order valence-electron chi connectivity index (χ2n) is 25.4. The van der Waals surface area contributed by atoms with Crippen molar-refractivity contribution in [2.45, 2.75) is 154 Å². The lowest BCUT2D eigenvalue weighted by atomic mass is 9.54. The van der Waals surface area contributed by atoms with E-state index >= 15 is 0 Å². The summed E-state index contributed by atoms with van der Waals surface area (Å²) >= 11 is 1.93. The number of anilines is 5. The Kier molecular flexibility index (Phi) is 9.44. The first kappa shape index (κ1) is 43.9. The van der Waals surface area contributed by atoms with Gasteiger partial charge in [-0.1, -0.05) is 161 Å². The number of rotatable bonds is 4. The maximum absolute atomic E-state index is 4.23. The van der Waals surface area contributed by atoms with E-state index in [2.05, 4.69) is 209 Å². The molecule has 0 saturated carbocycles. The maximum Gasteiger partial charge on any atom is 0.198 e. The van der Waals surface area contributed by atoms with E-state index in [9.17, 15) is 0 Å². The first-order valence-electron chi connectivity index (χ1n) is 25.7. The minimum atomic E-state index is 0.0839. The maximum atomic E-state index is 4.23. The molecule has 0 bridgehead atoms. The molecule has 4 heteroatoms. The third-order valence-corrected chi connectivity index (χ3v) is 19.3. The molecule has 3 aliphatic carbocycles. The summed E-state index contributed by atoms with van der Waals surface area (Å²) in [5.74, 6) is 0. The number of fused-ring (bicyclic) bond motifs is 9. The summed E-state index contributed by atoms with van der Waals surface area (Å²) in [5.41, 5.74) is 21.4. The highest BCUT2D eigenvalue weighted by atomic mass is 32.1. The number of benzene rings is 7. The van der Waals surface area contributed by atoms with E-state index in [1.807, 2.05) is 11.3 Å². The van der Waals surface area contributed by atoms with Crippen LogP contribution < -0.4 is 21.1 Å². The van der Waals surface area contributed by atoms with Crippen molar-refractivity contribution in [3.8, 4) is 11.1 Å². The van der Waals surface area contributed by atoms with Crippen molar-refractivity contribution in [3.05, 3.63) is 149 Å². The van der Waals surface area contributed by atoms with Crippen molar-refractivity contribution >= 4 is 88.9 Å². The Hall–Kier alpha value is -5.32. The van der Waals surface area contributed by atoms with Gasteiger partial charge in [0, 0.05) is 43.8 Å². The van der Waals surface area contributed by atoms with Crippen LogP contribution in [0.15, 0.2) is 115 Å². The average Bonchev–Trinajstić information content (AvgIpc) is 3.69. The van der Waals surface area contributed by atoms with Crippen LogP contribution in [-0.4, -0.2) is 7.28 Å². The molecule has 1 N–H and O–H groups in total. The number of hydrogen-bond donors (Lipinski definition) is 1. The molecule has 2 nitrogen and oxygen atoms in total. The average molecular weight is 909 g/mol. The van der Waals surface area contributed by atoms with Gasteiger partial charge in [-0.2, -0.15) is 0 Å². The van der Waals surface area contributed by atoms with Crippen LogP contribution in [0, 0.1) is 0 Å². The number of thiophene rings is 1. The first-order chi connectivity index (χ1) is 32.1. The first-order valence-corrected chi connectivity index (χ1v) is 26.5. The molecule has 4 aliphatic rings. The molecule has 8 aromatic rings. The lowest BCUT2D eigenvalue weighted by molar-refractivity contribution is 0.332. The van der Waals surface area contributed by atoms with E-state index in [1.54, 1.807) is 0 Å². The van der Waals surface area contributed by atoms with Crippen LogP contribution in [0.3, 0.4) is 0 Å². The van der Waals surface area contributed by atoms with Gasteiger partial charge in [0.2, 0.25) is 0 Å². The molecule has 1 aromatic heterocycles. The summed E-state index contributed by atoms with van der Waals surface area (Å²) in [6.45, 7) is 29.5. The lowest BCUT2D eigenvalue weighted by Gasteiger charge is -2.45. The molecule has 0 unspecified atom stereocenters. The number of hydrogen-bond acceptors (Lipinski definition) is 3. The predicted octanol–water partition coefficient (Wildman–Crippen LogP) is 16.8. The van der Waals surface area contributed by atoms with Gasteiger partial charge < -0.3 is 10.2 Å². The molecule has 2 heterocycles. The van der Waals surface area contributed by atoms with E-state index in [0.29, 0.717) is 0 Å². The number of nitrogens with one attached hydrogen (secondary N) is 1. The molecule has 0 radical (unpaired) electrons. The Balaban J connectivity index is 1.15. The Morgan fingerprint density at radius 3 is 1.68 bits per heavy atom. The highest BCUT2D eigenvalue weighted by molar-refractivity contribution is 7.26. The molecule has 12 rings (SSSR count). The SMILES string of the molecule is CC1(C)CCC(C)(C)c2cc(Nc3c(-c4c5c(cc6ccccc46)N(c4ccc6c(c4)C(C)(C)CCC6(C)C)c4cc6c(cc4B5)C(C)(C)CCC6(C)C)ccc4c3sc3ccccc34)ccc21. The van der Waals surface area contributed by atoms with Gasteiger partial charge in [-0.25, -0.2) is 0 Å². The van der Waals surface area contributed by atoms with Gasteiger partial charge in [-0.15, -0.1) is 11.3 Å². The molecule has 1 aliphatic heterocycles. The third kappa shape index (κ3) is 6.62. The van der Waals surface area contributed by atoms with E-state index in [-0.39, 0.29) is 32.5 Å². The van der Waals surface area contributed by atoms with Crippen molar-refractivity contribution in [2.75, 3.05) is 10.2 Å². The second kappa shape index (κ2) is 14.6. The Morgan fingerprint density at radius 2 is 1.01 bits per heavy atom. The van der Waals surface area contributed by atoms with Crippen molar-refractivity contribution in [1.82, 2.24) is 0 Å². The van der Waals surface area contributed by atoms with Crippen molar-refractivity contribution in [2.24, 2.45) is 0 Å². The molecule has 68 heavy (non-hydrogen) atoms. The van der Waals surface area contributed by atoms with Crippen molar-refractivity contribution in [1.29, 1.82) is 0 Å². The summed E-state index contributed by atoms with van der Waals surface area (Å²) in [6, 6.07) is 45.7. The Morgan fingerprint density at radius 1 is 0.471 bits per heavy atom. The topological polar surface area (TPSA) is 15.3 Å². The van der Waals surface area contributed by atoms with Crippen LogP contribution in [0.1, 0.15) is 155 Å². The van der Waals surface area contributed by atoms with Gasteiger partial charge >= 0.3 is 0 Å². The van der Waals surface area contributed by atoms with E-state index in [0.717, 1.165) is 13.0 Å². The fraction of sp³-hybridized carbons (Fsp3) is 0.375. The second-order valence-corrected chi connectivity index (χ2v) is 26.4. The van der Waals surface area contributed by atoms with E-state index in [4.69, 9.17) is 0 Å². The van der Waals surface area contributed by atoms with Crippen LogP contribution in [0.2, 0.25) is 0 Å². The zero-order valence-electron chi connectivity index (χ0n) is 42.8. The van der Waals surface area contributed by atoms with Gasteiger partial charge in [0.05, 0.1) is 10.4 Å². The highest BCUT2D eigenvalue weighted by Crippen LogP contribution is 2.54. The third-order valence-electron chi connectivity index (χ3n) is 18.1. The largest absolute Gasteiger partial charge is 0.354 e. The molecule has 344 valence electrons. The Bertz CT molecular complexity index is 3430. The van der Waals surface area contributed by atoms with Crippen molar-refractivity contribution < 1.29 is 0 Å². The van der Waals surface area contributed by atoms with Crippen LogP contribution in [0.25, 0.3) is 42.1 Å². The monoisotopic (exact) mass is 909 g/mol. The summed E-state index contributed by atoms with van der Waals surface area (Å²) in [4.78, 5) is 2.69. The molecule has 0 atom stereocenters. The predicted molar refractivity (Wildman–Crippen MR) is 299 cm³/mol. The van der Waals surface area contributed by atoms with Crippen LogP contribution in [-0.2, 0) is 32.5 Å². The fourth-order valence-electron chi connectivity index (χ4n) is 13.3. The van der Waals surface area contributed by atoms with Gasteiger partial charge in [0.15, 0.2) is 7.28 Å². The van der Waals surface area contributed by atoms with Crippen molar-refractivity contribution in [3.63, 3.8) is 0 Å². The van der Waals surface area contributed by atoms with Gasteiger partial charge in [-0.3, -0.25) is 0 Å². The van der Waals surface area contributed by atoms with Crippen LogP contribution in [0.5, 0.6) is 0 Å². The van der Waals surface area contributed by atoms with Crippen LogP contribution >= 0.6 is 11.3 Å². The quantitative estimate of drug-likeness (QED) is 0.177. The highest BCUT2D eigenvalue weighted by Gasteiger charge is 2.42. The minimum absolute atomic E-state index is 0.0839. The summed E-state index contributed by atoms with van der Waals surface area (Å²) < 4.78 is 2.64. The standard InChI is InChI=1S/C64H69BN2S/c1-59(2)27-29-61(5,6)47-34-39(21-25-45(47)59)66-57-44(24-23-43-42-19-15-16-20-54(42)68-58(43)57)55-41-18-14-13-17-38(41)33-53-56(55)65-51-36-49-50(64(11,12)32-31-63(49,9)10)37-52(51)67(53)40-22-26-46-48(35-40)62(7,8)30-28-60(46,3)4/h13-26,33-37,65-66H,27-32H2,1-12H3. The molecule has 7 aromatic carbocycles. The van der Waals surface area contributed by atoms with Crippen LogP contribution in [0.4, 0.5) is 28.4 Å². The molecular formula is C64H69BN2S. The lowest BCUT2D eigenvalue weighted by Crippen LogP contribution is -2.44. The Labute approximate surface area is 410 Å². The molecule has 0 spiro atoms. The zero-order chi connectivity index (χ0) is 47.5. The van der Waals surface area contributed by atoms with E-state index in [1.165, 1.54) is 148 Å². The molecule has 0 saturated heterocycles. The van der Waals surface area contributed by atoms with Gasteiger partial charge in [-0.05, 0) is 169 Å². The normalized spacial score (nSPS) is 19.9. The van der Waals surface area contributed by atoms with E-state index < -0.39 is 0 Å². The summed E-state index contributed by atoms with van der Waals surface area (Å²) in [6.07, 6.45) is 7.16. The molecule has 0 amide bonds. The van der Waals surface area contributed by atoms with Gasteiger partial charge in [0.25, 0.3) is 0 Å². The summed E-state index contributed by atoms with van der Waals surface area (Å²) in [5, 5.41) is 9.45. The smallest absolute Gasteiger partial charge is 0.198 e. The van der Waals surface area contributed by atoms with Gasteiger partial charge in [0.1, 0.15) is 0 Å².